The molecular formula is C9H12N2O4S. The Kier molecular flexibility index (Phi) is 3.61. The van der Waals surface area contributed by atoms with Crippen molar-refractivity contribution in [3.05, 3.63) is 33.9 Å². The monoisotopic (exact) mass is 244 g/mol. The fourth-order valence-electron chi connectivity index (χ4n) is 1.36. The maximum Gasteiger partial charge on any atom is 0.273 e. The average molecular weight is 244 g/mol. The number of hydrogen-bond donors (Lipinski definition) is 1. The predicted octanol–water partition coefficient (Wildman–Crippen LogP) is 1.20. The van der Waals surface area contributed by atoms with Gasteiger partial charge in [-0.25, -0.2) is 13.1 Å². The van der Waals surface area contributed by atoms with E-state index >= 15 is 0 Å². The standard InChI is InChI=1S/C9H12N2O4S/c1-3-10-16(14,15)9-6-4-5-8(7(9)2)11(12)13/h4-6,10H,3H2,1-2H3. The van der Waals surface area contributed by atoms with E-state index in [2.05, 4.69) is 4.72 Å². The van der Waals surface area contributed by atoms with E-state index in [1.54, 1.807) is 6.92 Å². The SMILES string of the molecule is CCNS(=O)(=O)c1cccc([N+](=O)[O-])c1C. The van der Waals surface area contributed by atoms with Crippen LogP contribution in [-0.2, 0) is 10.0 Å². The zero-order valence-corrected chi connectivity index (χ0v) is 9.74. The predicted molar refractivity (Wildman–Crippen MR) is 58.7 cm³/mol. The van der Waals surface area contributed by atoms with Gasteiger partial charge in [-0.1, -0.05) is 13.0 Å². The van der Waals surface area contributed by atoms with Crippen molar-refractivity contribution in [1.82, 2.24) is 4.72 Å². The molecule has 0 amide bonds. The molecule has 0 aliphatic heterocycles. The molecule has 0 bridgehead atoms. The minimum atomic E-state index is -3.65. The smallest absolute Gasteiger partial charge is 0.258 e. The topological polar surface area (TPSA) is 89.3 Å². The van der Waals surface area contributed by atoms with Crippen LogP contribution in [0.3, 0.4) is 0 Å². The first-order chi connectivity index (χ1) is 7.40. The van der Waals surface area contributed by atoms with Crippen molar-refractivity contribution in [3.63, 3.8) is 0 Å². The Hall–Kier alpha value is -1.47. The van der Waals surface area contributed by atoms with Crippen molar-refractivity contribution in [2.75, 3.05) is 6.54 Å². The van der Waals surface area contributed by atoms with Gasteiger partial charge in [0.25, 0.3) is 5.69 Å². The summed E-state index contributed by atoms with van der Waals surface area (Å²) in [6.45, 7) is 3.30. The highest BCUT2D eigenvalue weighted by Crippen LogP contribution is 2.24. The molecule has 0 heterocycles. The average Bonchev–Trinajstić information content (AvgIpc) is 2.17. The molecule has 1 aromatic rings. The zero-order valence-electron chi connectivity index (χ0n) is 8.93. The van der Waals surface area contributed by atoms with Crippen LogP contribution in [0.15, 0.2) is 23.1 Å². The highest BCUT2D eigenvalue weighted by atomic mass is 32.2. The number of rotatable bonds is 4. The van der Waals surface area contributed by atoms with E-state index < -0.39 is 14.9 Å². The molecule has 0 aliphatic rings. The van der Waals surface area contributed by atoms with Gasteiger partial charge < -0.3 is 0 Å². The van der Waals surface area contributed by atoms with Crippen LogP contribution in [-0.4, -0.2) is 19.9 Å². The Morgan fingerprint density at radius 3 is 2.56 bits per heavy atom. The summed E-state index contributed by atoms with van der Waals surface area (Å²) in [5.74, 6) is 0. The first-order valence-corrected chi connectivity index (χ1v) is 6.12. The van der Waals surface area contributed by atoms with Gasteiger partial charge in [0.2, 0.25) is 10.0 Å². The van der Waals surface area contributed by atoms with Crippen LogP contribution in [0.5, 0.6) is 0 Å². The van der Waals surface area contributed by atoms with E-state index in [-0.39, 0.29) is 22.7 Å². The second kappa shape index (κ2) is 4.58. The molecule has 88 valence electrons. The lowest BCUT2D eigenvalue weighted by Gasteiger charge is -2.07. The van der Waals surface area contributed by atoms with E-state index in [1.807, 2.05) is 0 Å². The molecule has 0 aromatic heterocycles. The summed E-state index contributed by atoms with van der Waals surface area (Å²) in [7, 11) is -3.65. The molecule has 0 saturated carbocycles. The van der Waals surface area contributed by atoms with Crippen LogP contribution >= 0.6 is 0 Å². The normalized spacial score (nSPS) is 11.4. The van der Waals surface area contributed by atoms with Crippen LogP contribution < -0.4 is 4.72 Å². The molecule has 1 N–H and O–H groups in total. The summed E-state index contributed by atoms with van der Waals surface area (Å²) in [5, 5.41) is 10.6. The third-order valence-electron chi connectivity index (χ3n) is 2.08. The molecule has 1 rings (SSSR count). The van der Waals surface area contributed by atoms with Gasteiger partial charge in [0, 0.05) is 18.2 Å². The van der Waals surface area contributed by atoms with Crippen molar-refractivity contribution in [2.45, 2.75) is 18.7 Å². The Labute approximate surface area is 93.5 Å². The maximum absolute atomic E-state index is 11.7. The van der Waals surface area contributed by atoms with Gasteiger partial charge >= 0.3 is 0 Å². The second-order valence-corrected chi connectivity index (χ2v) is 4.89. The van der Waals surface area contributed by atoms with E-state index in [4.69, 9.17) is 0 Å². The number of nitrogens with one attached hydrogen (secondary N) is 1. The first-order valence-electron chi connectivity index (χ1n) is 4.64. The number of hydrogen-bond acceptors (Lipinski definition) is 4. The van der Waals surface area contributed by atoms with Crippen molar-refractivity contribution in [2.24, 2.45) is 0 Å². The van der Waals surface area contributed by atoms with E-state index in [0.29, 0.717) is 0 Å². The van der Waals surface area contributed by atoms with Gasteiger partial charge in [-0.15, -0.1) is 0 Å². The molecule has 1 aromatic carbocycles. The number of benzene rings is 1. The minimum absolute atomic E-state index is 0.0523. The van der Waals surface area contributed by atoms with E-state index in [1.165, 1.54) is 25.1 Å². The molecule has 16 heavy (non-hydrogen) atoms. The maximum atomic E-state index is 11.7. The molecular weight excluding hydrogens is 232 g/mol. The summed E-state index contributed by atoms with van der Waals surface area (Å²) in [4.78, 5) is 10.00. The van der Waals surface area contributed by atoms with Crippen LogP contribution in [0, 0.1) is 17.0 Å². The Balaban J connectivity index is 3.37. The Morgan fingerprint density at radius 2 is 2.06 bits per heavy atom. The summed E-state index contributed by atoms with van der Waals surface area (Å²) in [6.07, 6.45) is 0. The lowest BCUT2D eigenvalue weighted by molar-refractivity contribution is -0.385. The molecule has 0 aliphatic carbocycles. The third kappa shape index (κ3) is 2.37. The molecule has 0 radical (unpaired) electrons. The van der Waals surface area contributed by atoms with Gasteiger partial charge in [0.1, 0.15) is 0 Å². The summed E-state index contributed by atoms with van der Waals surface area (Å²) >= 11 is 0. The molecule has 0 unspecified atom stereocenters. The molecule has 6 nitrogen and oxygen atoms in total. The molecule has 0 atom stereocenters. The van der Waals surface area contributed by atoms with Gasteiger partial charge in [-0.3, -0.25) is 10.1 Å². The fraction of sp³-hybridized carbons (Fsp3) is 0.333. The third-order valence-corrected chi connectivity index (χ3v) is 3.77. The van der Waals surface area contributed by atoms with Crippen LogP contribution in [0.25, 0.3) is 0 Å². The highest BCUT2D eigenvalue weighted by molar-refractivity contribution is 7.89. The molecule has 0 spiro atoms. The van der Waals surface area contributed by atoms with Crippen LogP contribution in [0.2, 0.25) is 0 Å². The van der Waals surface area contributed by atoms with Gasteiger partial charge in [-0.05, 0) is 13.0 Å². The Bertz CT molecular complexity index is 510. The minimum Gasteiger partial charge on any atom is -0.258 e. The quantitative estimate of drug-likeness (QED) is 0.636. The van der Waals surface area contributed by atoms with Crippen molar-refractivity contribution in [1.29, 1.82) is 0 Å². The van der Waals surface area contributed by atoms with Crippen molar-refractivity contribution >= 4 is 15.7 Å². The van der Waals surface area contributed by atoms with Gasteiger partial charge in [0.15, 0.2) is 0 Å². The lowest BCUT2D eigenvalue weighted by atomic mass is 10.2. The van der Waals surface area contributed by atoms with E-state index in [0.717, 1.165) is 0 Å². The largest absolute Gasteiger partial charge is 0.273 e. The van der Waals surface area contributed by atoms with Crippen molar-refractivity contribution in [3.8, 4) is 0 Å². The number of nitro groups is 1. The van der Waals surface area contributed by atoms with Crippen LogP contribution in [0.1, 0.15) is 12.5 Å². The molecule has 7 heteroatoms. The fourth-order valence-corrected chi connectivity index (χ4v) is 2.66. The first kappa shape index (κ1) is 12.6. The number of nitrogens with zero attached hydrogens (tertiary/aromatic N) is 1. The van der Waals surface area contributed by atoms with Crippen LogP contribution in [0.4, 0.5) is 5.69 Å². The summed E-state index contributed by atoms with van der Waals surface area (Å²) in [5.41, 5.74) is -0.0487. The summed E-state index contributed by atoms with van der Waals surface area (Å²) in [6, 6.07) is 3.98. The van der Waals surface area contributed by atoms with Crippen molar-refractivity contribution < 1.29 is 13.3 Å². The second-order valence-electron chi connectivity index (χ2n) is 3.16. The molecule has 0 saturated heterocycles. The van der Waals surface area contributed by atoms with Gasteiger partial charge in [-0.2, -0.15) is 0 Å². The lowest BCUT2D eigenvalue weighted by Crippen LogP contribution is -2.24. The number of sulfonamides is 1. The van der Waals surface area contributed by atoms with E-state index in [9.17, 15) is 18.5 Å². The highest BCUT2D eigenvalue weighted by Gasteiger charge is 2.21. The zero-order chi connectivity index (χ0) is 12.3. The molecule has 0 fully saturated rings. The Morgan fingerprint density at radius 1 is 1.44 bits per heavy atom. The number of nitro benzene ring substituents is 1. The summed E-state index contributed by atoms with van der Waals surface area (Å²) < 4.78 is 25.7. The van der Waals surface area contributed by atoms with Gasteiger partial charge in [0.05, 0.1) is 9.82 Å².